The lowest BCUT2D eigenvalue weighted by Crippen LogP contribution is -2.32. The summed E-state index contributed by atoms with van der Waals surface area (Å²) in [7, 11) is 0. The fourth-order valence-electron chi connectivity index (χ4n) is 3.32. The summed E-state index contributed by atoms with van der Waals surface area (Å²) in [6, 6.07) is 0. The van der Waals surface area contributed by atoms with Crippen molar-refractivity contribution in [3.8, 4) is 0 Å². The number of primary amides is 4. The maximum Gasteiger partial charge on any atom is 0.220 e. The van der Waals surface area contributed by atoms with Crippen LogP contribution in [0.1, 0.15) is 51.4 Å². The fraction of sp³-hybridized carbons (Fsp3) is 0.750. The first-order chi connectivity index (χ1) is 11.2. The number of carbonyl (C=O) groups excluding carboxylic acids is 4. The van der Waals surface area contributed by atoms with Gasteiger partial charge in [0, 0.05) is 23.7 Å². The molecule has 0 spiro atoms. The number of amides is 4. The summed E-state index contributed by atoms with van der Waals surface area (Å²) in [5.74, 6) is -1.17. The second kappa shape index (κ2) is 9.24. The van der Waals surface area contributed by atoms with Crippen molar-refractivity contribution in [2.45, 2.75) is 51.4 Å². The molecule has 0 radical (unpaired) electrons. The van der Waals surface area contributed by atoms with E-state index in [4.69, 9.17) is 22.9 Å². The average Bonchev–Trinajstić information content (AvgIpc) is 2.55. The zero-order chi connectivity index (χ0) is 18.3. The molecule has 8 heteroatoms. The second-order valence-corrected chi connectivity index (χ2v) is 6.71. The molecule has 2 aliphatic carbocycles. The molecular weight excluding hydrogens is 312 g/mol. The summed E-state index contributed by atoms with van der Waals surface area (Å²) < 4.78 is 0. The quantitative estimate of drug-likeness (QED) is 0.542. The van der Waals surface area contributed by atoms with Crippen LogP contribution in [0, 0.1) is 23.7 Å². The maximum atomic E-state index is 10.7. The molecule has 0 aromatic carbocycles. The molecule has 0 unspecified atom stereocenters. The van der Waals surface area contributed by atoms with Crippen LogP contribution in [0.25, 0.3) is 0 Å². The number of rotatable bonds is 4. The lowest BCUT2D eigenvalue weighted by molar-refractivity contribution is -0.127. The van der Waals surface area contributed by atoms with E-state index >= 15 is 0 Å². The zero-order valence-corrected chi connectivity index (χ0v) is 13.9. The van der Waals surface area contributed by atoms with Crippen molar-refractivity contribution in [2.75, 3.05) is 0 Å². The highest BCUT2D eigenvalue weighted by Gasteiger charge is 2.28. The van der Waals surface area contributed by atoms with Gasteiger partial charge in [0.05, 0.1) is 0 Å². The molecule has 0 aliphatic heterocycles. The van der Waals surface area contributed by atoms with Gasteiger partial charge in [0.2, 0.25) is 23.6 Å². The molecule has 2 rings (SSSR count). The summed E-state index contributed by atoms with van der Waals surface area (Å²) in [5, 5.41) is 0. The molecule has 8 nitrogen and oxygen atoms in total. The van der Waals surface area contributed by atoms with E-state index in [0.29, 0.717) is 51.4 Å². The van der Waals surface area contributed by atoms with Crippen molar-refractivity contribution in [3.63, 3.8) is 0 Å². The molecule has 136 valence electrons. The average molecular weight is 340 g/mol. The van der Waals surface area contributed by atoms with Gasteiger partial charge in [-0.2, -0.15) is 0 Å². The molecule has 2 fully saturated rings. The number of nitrogens with two attached hydrogens (primary N) is 4. The number of hydrogen-bond acceptors (Lipinski definition) is 4. The Morgan fingerprint density at radius 2 is 0.542 bits per heavy atom. The van der Waals surface area contributed by atoms with Crippen LogP contribution in [-0.4, -0.2) is 23.6 Å². The summed E-state index contributed by atoms with van der Waals surface area (Å²) in [4.78, 5) is 42.9. The van der Waals surface area contributed by atoms with Gasteiger partial charge in [0.1, 0.15) is 0 Å². The zero-order valence-electron chi connectivity index (χ0n) is 13.9. The Bertz CT molecular complexity index is 390. The van der Waals surface area contributed by atoms with Crippen molar-refractivity contribution in [2.24, 2.45) is 46.6 Å². The molecule has 0 aromatic heterocycles. The third kappa shape index (κ3) is 6.17. The predicted molar refractivity (Wildman–Crippen MR) is 87.7 cm³/mol. The molecule has 0 bridgehead atoms. The highest BCUT2D eigenvalue weighted by Crippen LogP contribution is 2.28. The first-order valence-corrected chi connectivity index (χ1v) is 8.39. The summed E-state index contributed by atoms with van der Waals surface area (Å²) in [5.41, 5.74) is 20.5. The Kier molecular flexibility index (Phi) is 7.67. The minimum Gasteiger partial charge on any atom is -0.369 e. The van der Waals surface area contributed by atoms with Gasteiger partial charge in [0.25, 0.3) is 0 Å². The first kappa shape index (κ1) is 19.9. The van der Waals surface area contributed by atoms with E-state index in [-0.39, 0.29) is 47.3 Å². The predicted octanol–water partition coefficient (Wildman–Crippen LogP) is -0.473. The van der Waals surface area contributed by atoms with Crippen LogP contribution in [-0.2, 0) is 19.2 Å². The standard InChI is InChI=1S/2C8H14N2O2/c2*9-7(11)5-1-2-6(4-3-5)8(10)12/h2*5-6H,1-4H2,(H2,9,11)(H2,10,12). The van der Waals surface area contributed by atoms with Crippen molar-refractivity contribution in [1.82, 2.24) is 0 Å². The molecule has 2 saturated carbocycles. The summed E-state index contributed by atoms with van der Waals surface area (Å²) >= 11 is 0. The Morgan fingerprint density at radius 1 is 0.417 bits per heavy atom. The van der Waals surface area contributed by atoms with Gasteiger partial charge in [-0.15, -0.1) is 0 Å². The van der Waals surface area contributed by atoms with E-state index in [1.54, 1.807) is 0 Å². The lowest BCUT2D eigenvalue weighted by atomic mass is 9.81. The van der Waals surface area contributed by atoms with Gasteiger partial charge in [-0.3, -0.25) is 19.2 Å². The van der Waals surface area contributed by atoms with Crippen LogP contribution in [0.3, 0.4) is 0 Å². The molecule has 0 aromatic rings. The van der Waals surface area contributed by atoms with Crippen molar-refractivity contribution >= 4 is 23.6 Å². The van der Waals surface area contributed by atoms with Crippen molar-refractivity contribution < 1.29 is 19.2 Å². The van der Waals surface area contributed by atoms with Gasteiger partial charge >= 0.3 is 0 Å². The van der Waals surface area contributed by atoms with Gasteiger partial charge in [-0.05, 0) is 51.4 Å². The molecule has 4 amide bonds. The molecule has 0 atom stereocenters. The molecule has 0 saturated heterocycles. The normalized spacial score (nSPS) is 29.7. The van der Waals surface area contributed by atoms with Crippen LogP contribution in [0.15, 0.2) is 0 Å². The Morgan fingerprint density at radius 3 is 0.625 bits per heavy atom. The lowest BCUT2D eigenvalue weighted by Gasteiger charge is -2.23. The van der Waals surface area contributed by atoms with Crippen LogP contribution >= 0.6 is 0 Å². The van der Waals surface area contributed by atoms with Crippen LogP contribution in [0.2, 0.25) is 0 Å². The summed E-state index contributed by atoms with van der Waals surface area (Å²) in [6.45, 7) is 0. The van der Waals surface area contributed by atoms with E-state index in [2.05, 4.69) is 0 Å². The van der Waals surface area contributed by atoms with Gasteiger partial charge in [0.15, 0.2) is 0 Å². The largest absolute Gasteiger partial charge is 0.369 e. The Balaban J connectivity index is 0.000000240. The minimum atomic E-state index is -0.252. The van der Waals surface area contributed by atoms with E-state index in [1.165, 1.54) is 0 Å². The van der Waals surface area contributed by atoms with Crippen LogP contribution in [0.5, 0.6) is 0 Å². The second-order valence-electron chi connectivity index (χ2n) is 6.71. The Hall–Kier alpha value is -2.12. The Labute approximate surface area is 141 Å². The van der Waals surface area contributed by atoms with E-state index < -0.39 is 0 Å². The van der Waals surface area contributed by atoms with Crippen molar-refractivity contribution in [3.05, 3.63) is 0 Å². The third-order valence-electron chi connectivity index (χ3n) is 5.06. The van der Waals surface area contributed by atoms with Gasteiger partial charge < -0.3 is 22.9 Å². The molecule has 2 aliphatic rings. The first-order valence-electron chi connectivity index (χ1n) is 8.39. The van der Waals surface area contributed by atoms with E-state index in [0.717, 1.165) is 0 Å². The maximum absolute atomic E-state index is 10.7. The highest BCUT2D eigenvalue weighted by molar-refractivity contribution is 5.79. The van der Waals surface area contributed by atoms with Crippen molar-refractivity contribution in [1.29, 1.82) is 0 Å². The monoisotopic (exact) mass is 340 g/mol. The minimum absolute atomic E-state index is 0.0411. The molecule has 0 heterocycles. The molecule has 24 heavy (non-hydrogen) atoms. The van der Waals surface area contributed by atoms with Gasteiger partial charge in [-0.25, -0.2) is 0 Å². The van der Waals surface area contributed by atoms with E-state index in [1.807, 2.05) is 0 Å². The number of hydrogen-bond donors (Lipinski definition) is 4. The molecular formula is C16H28N4O4. The smallest absolute Gasteiger partial charge is 0.220 e. The SMILES string of the molecule is NC(=O)C1CCC(C(N)=O)CC1.NC(=O)C1CCC(C(N)=O)CC1. The topological polar surface area (TPSA) is 172 Å². The fourth-order valence-corrected chi connectivity index (χ4v) is 3.32. The summed E-state index contributed by atoms with van der Waals surface area (Å²) in [6.07, 6.45) is 5.69. The number of carbonyl (C=O) groups is 4. The van der Waals surface area contributed by atoms with E-state index in [9.17, 15) is 19.2 Å². The third-order valence-corrected chi connectivity index (χ3v) is 5.06. The van der Waals surface area contributed by atoms with Crippen LogP contribution in [0.4, 0.5) is 0 Å². The molecule has 8 N–H and O–H groups in total. The van der Waals surface area contributed by atoms with Crippen LogP contribution < -0.4 is 22.9 Å². The highest BCUT2D eigenvalue weighted by atomic mass is 16.2. The van der Waals surface area contributed by atoms with Gasteiger partial charge in [-0.1, -0.05) is 0 Å².